The summed E-state index contributed by atoms with van der Waals surface area (Å²) in [6.45, 7) is 5.51. The van der Waals surface area contributed by atoms with E-state index < -0.39 is 0 Å². The molecule has 0 atom stereocenters. The lowest BCUT2D eigenvalue weighted by molar-refractivity contribution is 0.623. The molecular weight excluding hydrogens is 167 g/mol. The first kappa shape index (κ1) is 9.58. The number of aromatic nitrogens is 1. The molecule has 0 aromatic carbocycles. The Balaban J connectivity index is 3.21. The minimum atomic E-state index is -0.321. The fraction of sp³-hybridized carbons (Fsp3) is 0.200. The Bertz CT molecular complexity index is 356. The topological polar surface area (TPSA) is 25.2 Å². The SMILES string of the molecule is C=C(C)C(=NC)c1cnccc1F. The monoisotopic (exact) mass is 178 g/mol. The molecule has 1 aromatic rings. The van der Waals surface area contributed by atoms with E-state index in [1.807, 2.05) is 0 Å². The molecule has 0 aliphatic rings. The van der Waals surface area contributed by atoms with Crippen molar-refractivity contribution >= 4 is 5.71 Å². The zero-order valence-corrected chi connectivity index (χ0v) is 7.71. The number of allylic oxidation sites excluding steroid dienone is 1. The van der Waals surface area contributed by atoms with Crippen LogP contribution in [0.3, 0.4) is 0 Å². The van der Waals surface area contributed by atoms with Crippen molar-refractivity contribution in [3.05, 3.63) is 42.0 Å². The predicted octanol–water partition coefficient (Wildman–Crippen LogP) is 2.22. The quantitative estimate of drug-likeness (QED) is 0.637. The summed E-state index contributed by atoms with van der Waals surface area (Å²) >= 11 is 0. The molecule has 0 saturated heterocycles. The van der Waals surface area contributed by atoms with Crippen LogP contribution in [-0.2, 0) is 0 Å². The standard InChI is InChI=1S/C10H11FN2/c1-7(2)10(12-3)8-6-13-5-4-9(8)11/h4-6H,1H2,2-3H3. The number of halogens is 1. The number of hydrogen-bond acceptors (Lipinski definition) is 2. The molecule has 0 amide bonds. The van der Waals surface area contributed by atoms with Crippen LogP contribution < -0.4 is 0 Å². The summed E-state index contributed by atoms with van der Waals surface area (Å²) in [5.41, 5.74) is 1.69. The molecule has 0 radical (unpaired) electrons. The van der Waals surface area contributed by atoms with E-state index in [2.05, 4.69) is 16.6 Å². The third-order valence-corrected chi connectivity index (χ3v) is 1.65. The Morgan fingerprint density at radius 1 is 1.62 bits per heavy atom. The predicted molar refractivity (Wildman–Crippen MR) is 51.5 cm³/mol. The highest BCUT2D eigenvalue weighted by Crippen LogP contribution is 2.10. The van der Waals surface area contributed by atoms with Gasteiger partial charge in [-0.2, -0.15) is 0 Å². The Kier molecular flexibility index (Phi) is 2.90. The molecule has 3 heteroatoms. The summed E-state index contributed by atoms with van der Waals surface area (Å²) in [5, 5.41) is 0. The molecule has 1 aromatic heterocycles. The largest absolute Gasteiger partial charge is 0.288 e. The lowest BCUT2D eigenvalue weighted by Gasteiger charge is -2.04. The molecule has 13 heavy (non-hydrogen) atoms. The van der Waals surface area contributed by atoms with Crippen LogP contribution in [0.25, 0.3) is 0 Å². The Morgan fingerprint density at radius 3 is 2.77 bits per heavy atom. The van der Waals surface area contributed by atoms with Gasteiger partial charge in [-0.15, -0.1) is 0 Å². The highest BCUT2D eigenvalue weighted by atomic mass is 19.1. The normalized spacial score (nSPS) is 11.5. The van der Waals surface area contributed by atoms with Crippen molar-refractivity contribution in [1.82, 2.24) is 4.98 Å². The van der Waals surface area contributed by atoms with Crippen molar-refractivity contribution in [3.63, 3.8) is 0 Å². The molecular formula is C10H11FN2. The Hall–Kier alpha value is -1.51. The first-order valence-corrected chi connectivity index (χ1v) is 3.89. The van der Waals surface area contributed by atoms with Crippen LogP contribution in [0, 0.1) is 5.82 Å². The molecule has 68 valence electrons. The van der Waals surface area contributed by atoms with E-state index in [4.69, 9.17) is 0 Å². The lowest BCUT2D eigenvalue weighted by Crippen LogP contribution is -2.05. The third-order valence-electron chi connectivity index (χ3n) is 1.65. The smallest absolute Gasteiger partial charge is 0.135 e. The van der Waals surface area contributed by atoms with E-state index in [1.54, 1.807) is 14.0 Å². The summed E-state index contributed by atoms with van der Waals surface area (Å²) in [4.78, 5) is 7.79. The second-order valence-corrected chi connectivity index (χ2v) is 2.71. The Morgan fingerprint density at radius 2 is 2.31 bits per heavy atom. The van der Waals surface area contributed by atoms with Gasteiger partial charge in [0.25, 0.3) is 0 Å². The zero-order valence-electron chi connectivity index (χ0n) is 7.71. The van der Waals surface area contributed by atoms with Crippen molar-refractivity contribution in [3.8, 4) is 0 Å². The van der Waals surface area contributed by atoms with E-state index in [0.717, 1.165) is 5.57 Å². The number of pyridine rings is 1. The molecule has 0 aliphatic carbocycles. The van der Waals surface area contributed by atoms with Gasteiger partial charge in [-0.25, -0.2) is 4.39 Å². The van der Waals surface area contributed by atoms with Crippen LogP contribution in [0.5, 0.6) is 0 Å². The van der Waals surface area contributed by atoms with Gasteiger partial charge >= 0.3 is 0 Å². The van der Waals surface area contributed by atoms with Crippen LogP contribution >= 0.6 is 0 Å². The molecule has 2 nitrogen and oxygen atoms in total. The summed E-state index contributed by atoms with van der Waals surface area (Å²) in [5.74, 6) is -0.321. The van der Waals surface area contributed by atoms with Gasteiger partial charge < -0.3 is 0 Å². The van der Waals surface area contributed by atoms with Gasteiger partial charge in [-0.3, -0.25) is 9.98 Å². The number of aliphatic imine (C=N–C) groups is 1. The molecule has 0 N–H and O–H groups in total. The molecule has 1 rings (SSSR count). The maximum atomic E-state index is 13.2. The van der Waals surface area contributed by atoms with Gasteiger partial charge in [0, 0.05) is 19.4 Å². The van der Waals surface area contributed by atoms with E-state index in [1.165, 1.54) is 18.5 Å². The van der Waals surface area contributed by atoms with E-state index >= 15 is 0 Å². The first-order chi connectivity index (χ1) is 6.16. The van der Waals surface area contributed by atoms with Crippen molar-refractivity contribution in [2.45, 2.75) is 6.92 Å². The third kappa shape index (κ3) is 1.99. The van der Waals surface area contributed by atoms with Gasteiger partial charge in [-0.05, 0) is 18.6 Å². The molecule has 0 aliphatic heterocycles. The Labute approximate surface area is 76.8 Å². The van der Waals surface area contributed by atoms with Gasteiger partial charge in [0.15, 0.2) is 0 Å². The minimum Gasteiger partial charge on any atom is -0.288 e. The summed E-state index contributed by atoms with van der Waals surface area (Å²) in [6.07, 6.45) is 2.86. The van der Waals surface area contributed by atoms with Crippen molar-refractivity contribution in [2.75, 3.05) is 7.05 Å². The molecule has 1 heterocycles. The fourth-order valence-corrected chi connectivity index (χ4v) is 1.09. The first-order valence-electron chi connectivity index (χ1n) is 3.89. The maximum absolute atomic E-state index is 13.2. The number of rotatable bonds is 2. The van der Waals surface area contributed by atoms with Crippen LogP contribution in [0.15, 0.2) is 35.6 Å². The van der Waals surface area contributed by atoms with E-state index in [0.29, 0.717) is 11.3 Å². The van der Waals surface area contributed by atoms with Crippen LogP contribution in [0.1, 0.15) is 12.5 Å². The maximum Gasteiger partial charge on any atom is 0.135 e. The second-order valence-electron chi connectivity index (χ2n) is 2.71. The van der Waals surface area contributed by atoms with Crippen LogP contribution in [-0.4, -0.2) is 17.7 Å². The highest BCUT2D eigenvalue weighted by Gasteiger charge is 2.08. The number of hydrogen-bond donors (Lipinski definition) is 0. The summed E-state index contributed by atoms with van der Waals surface area (Å²) in [7, 11) is 1.61. The molecule has 0 bridgehead atoms. The van der Waals surface area contributed by atoms with Gasteiger partial charge in [0.1, 0.15) is 5.82 Å². The van der Waals surface area contributed by atoms with E-state index in [-0.39, 0.29) is 5.82 Å². The molecule has 0 fully saturated rings. The molecule has 0 spiro atoms. The molecule has 0 unspecified atom stereocenters. The average molecular weight is 178 g/mol. The highest BCUT2D eigenvalue weighted by molar-refractivity contribution is 6.11. The van der Waals surface area contributed by atoms with E-state index in [9.17, 15) is 4.39 Å². The zero-order chi connectivity index (χ0) is 9.84. The van der Waals surface area contributed by atoms with Crippen molar-refractivity contribution in [2.24, 2.45) is 4.99 Å². The lowest BCUT2D eigenvalue weighted by atomic mass is 10.1. The average Bonchev–Trinajstić information content (AvgIpc) is 2.09. The summed E-state index contributed by atoms with van der Waals surface area (Å²) < 4.78 is 13.2. The summed E-state index contributed by atoms with van der Waals surface area (Å²) in [6, 6.07) is 1.31. The van der Waals surface area contributed by atoms with Gasteiger partial charge in [0.05, 0.1) is 11.3 Å². The molecule has 0 saturated carbocycles. The van der Waals surface area contributed by atoms with Crippen LogP contribution in [0.4, 0.5) is 4.39 Å². The van der Waals surface area contributed by atoms with Gasteiger partial charge in [-0.1, -0.05) is 6.58 Å². The second kappa shape index (κ2) is 3.94. The number of nitrogens with zero attached hydrogens (tertiary/aromatic N) is 2. The van der Waals surface area contributed by atoms with Crippen molar-refractivity contribution in [1.29, 1.82) is 0 Å². The van der Waals surface area contributed by atoms with Crippen LogP contribution in [0.2, 0.25) is 0 Å². The van der Waals surface area contributed by atoms with Gasteiger partial charge in [0.2, 0.25) is 0 Å². The minimum absolute atomic E-state index is 0.321. The van der Waals surface area contributed by atoms with Crippen molar-refractivity contribution < 1.29 is 4.39 Å². The fourth-order valence-electron chi connectivity index (χ4n) is 1.09.